The number of ether oxygens (including phenoxy) is 2. The highest BCUT2D eigenvalue weighted by atomic mass is 16.5. The number of amides is 4. The maximum absolute atomic E-state index is 14.3. The number of nitrogens with zero attached hydrogens (tertiary/aromatic N) is 3. The van der Waals surface area contributed by atoms with Gasteiger partial charge in [-0.15, -0.1) is 0 Å². The summed E-state index contributed by atoms with van der Waals surface area (Å²) >= 11 is 0. The Kier molecular flexibility index (Phi) is 8.35. The molecular formula is C32H40N4O5. The summed E-state index contributed by atoms with van der Waals surface area (Å²) in [6.45, 7) is 11.5. The van der Waals surface area contributed by atoms with Gasteiger partial charge in [0.2, 0.25) is 5.91 Å². The zero-order valence-electron chi connectivity index (χ0n) is 24.5. The molecule has 0 aliphatic carbocycles. The normalized spacial score (nSPS) is 23.6. The van der Waals surface area contributed by atoms with Crippen LogP contribution in [0.5, 0.6) is 11.5 Å². The lowest BCUT2D eigenvalue weighted by Crippen LogP contribution is -2.56. The Morgan fingerprint density at radius 3 is 2.37 bits per heavy atom. The standard InChI is InChI=1S/C32H40N4O5/c1-6-35-27-19-36(26(15-20(2)3)30(37)34-17-21(4)40-22(5)18-34)31(38)28(27)29(33-32(35)39)23-11-10-14-25(16-23)41-24-12-8-7-9-13-24/h7-14,16,20-22,26,29H,6,15,17-19H2,1-5H3,(H,33,39). The van der Waals surface area contributed by atoms with Crippen LogP contribution in [0.1, 0.15) is 52.6 Å². The molecule has 0 radical (unpaired) electrons. The lowest BCUT2D eigenvalue weighted by Gasteiger charge is -2.39. The van der Waals surface area contributed by atoms with Gasteiger partial charge in [-0.25, -0.2) is 4.79 Å². The molecule has 5 rings (SSSR count). The maximum Gasteiger partial charge on any atom is 0.322 e. The molecule has 3 aliphatic heterocycles. The Bertz CT molecular complexity index is 1320. The van der Waals surface area contributed by atoms with Crippen molar-refractivity contribution in [1.82, 2.24) is 20.0 Å². The molecule has 0 bridgehead atoms. The Morgan fingerprint density at radius 1 is 1.02 bits per heavy atom. The van der Waals surface area contributed by atoms with Gasteiger partial charge in [-0.05, 0) is 62.9 Å². The van der Waals surface area contributed by atoms with E-state index in [9.17, 15) is 14.4 Å². The molecule has 3 heterocycles. The van der Waals surface area contributed by atoms with Crippen LogP contribution in [0.25, 0.3) is 0 Å². The van der Waals surface area contributed by atoms with E-state index < -0.39 is 12.1 Å². The lowest BCUT2D eigenvalue weighted by molar-refractivity contribution is -0.152. The molecule has 0 aromatic heterocycles. The van der Waals surface area contributed by atoms with Crippen molar-refractivity contribution in [1.29, 1.82) is 0 Å². The summed E-state index contributed by atoms with van der Waals surface area (Å²) in [6.07, 6.45) is 0.384. The topological polar surface area (TPSA) is 91.4 Å². The molecule has 218 valence electrons. The van der Waals surface area contributed by atoms with Crippen LogP contribution < -0.4 is 10.1 Å². The van der Waals surface area contributed by atoms with Crippen molar-refractivity contribution in [3.63, 3.8) is 0 Å². The largest absolute Gasteiger partial charge is 0.457 e. The quantitative estimate of drug-likeness (QED) is 0.505. The Balaban J connectivity index is 1.47. The van der Waals surface area contributed by atoms with Crippen molar-refractivity contribution >= 4 is 17.8 Å². The molecule has 0 saturated carbocycles. The van der Waals surface area contributed by atoms with Gasteiger partial charge in [-0.2, -0.15) is 0 Å². The smallest absolute Gasteiger partial charge is 0.322 e. The lowest BCUT2D eigenvalue weighted by atomic mass is 9.95. The summed E-state index contributed by atoms with van der Waals surface area (Å²) in [7, 11) is 0. The summed E-state index contributed by atoms with van der Waals surface area (Å²) in [5, 5.41) is 3.05. The van der Waals surface area contributed by atoms with Crippen molar-refractivity contribution in [3.8, 4) is 11.5 Å². The van der Waals surface area contributed by atoms with Gasteiger partial charge in [-0.1, -0.05) is 44.2 Å². The van der Waals surface area contributed by atoms with E-state index in [0.29, 0.717) is 48.8 Å². The molecule has 1 N–H and O–H groups in total. The first-order valence-corrected chi connectivity index (χ1v) is 14.5. The van der Waals surface area contributed by atoms with Crippen molar-refractivity contribution < 1.29 is 23.9 Å². The number of likely N-dealkylation sites (N-methyl/N-ethyl adjacent to an activating group) is 1. The van der Waals surface area contributed by atoms with Gasteiger partial charge in [0.15, 0.2) is 0 Å². The number of carbonyl (C=O) groups is 3. The zero-order valence-corrected chi connectivity index (χ0v) is 24.5. The number of para-hydroxylation sites is 1. The highest BCUT2D eigenvalue weighted by Crippen LogP contribution is 2.39. The number of benzene rings is 2. The van der Waals surface area contributed by atoms with E-state index >= 15 is 0 Å². The molecule has 9 heteroatoms. The minimum absolute atomic E-state index is 0.0639. The van der Waals surface area contributed by atoms with Gasteiger partial charge in [0.05, 0.1) is 36.1 Å². The molecule has 2 aromatic carbocycles. The van der Waals surface area contributed by atoms with E-state index in [1.54, 1.807) is 9.80 Å². The van der Waals surface area contributed by atoms with E-state index in [0.717, 1.165) is 5.56 Å². The third-order valence-corrected chi connectivity index (χ3v) is 7.82. The fourth-order valence-corrected chi connectivity index (χ4v) is 6.11. The second-order valence-electron chi connectivity index (χ2n) is 11.6. The number of carbonyl (C=O) groups excluding carboxylic acids is 3. The predicted octanol–water partition coefficient (Wildman–Crippen LogP) is 4.71. The van der Waals surface area contributed by atoms with Crippen LogP contribution in [-0.4, -0.2) is 77.0 Å². The van der Waals surface area contributed by atoms with Gasteiger partial charge < -0.3 is 24.6 Å². The fraction of sp³-hybridized carbons (Fsp3) is 0.469. The number of nitrogens with one attached hydrogen (secondary N) is 1. The first-order chi connectivity index (χ1) is 19.7. The third-order valence-electron chi connectivity index (χ3n) is 7.82. The van der Waals surface area contributed by atoms with Crippen molar-refractivity contribution in [3.05, 3.63) is 71.4 Å². The summed E-state index contributed by atoms with van der Waals surface area (Å²) < 4.78 is 11.9. The SMILES string of the molecule is CCN1C(=O)NC(c2cccc(Oc3ccccc3)c2)C2=C1CN(C(CC(C)C)C(=O)N1CC(C)OC(C)C1)C2=O. The van der Waals surface area contributed by atoms with Crippen LogP contribution in [0.3, 0.4) is 0 Å². The number of morpholine rings is 1. The minimum Gasteiger partial charge on any atom is -0.457 e. The van der Waals surface area contributed by atoms with Gasteiger partial charge >= 0.3 is 6.03 Å². The molecule has 1 fully saturated rings. The average Bonchev–Trinajstić information content (AvgIpc) is 3.27. The van der Waals surface area contributed by atoms with Crippen LogP contribution in [0, 0.1) is 5.92 Å². The number of hydrogen-bond acceptors (Lipinski definition) is 5. The van der Waals surface area contributed by atoms with Crippen LogP contribution in [0.15, 0.2) is 65.9 Å². The van der Waals surface area contributed by atoms with Crippen LogP contribution in [-0.2, 0) is 14.3 Å². The third kappa shape index (κ3) is 5.95. The number of rotatable bonds is 8. The van der Waals surface area contributed by atoms with Crippen molar-refractivity contribution in [2.75, 3.05) is 26.2 Å². The highest BCUT2D eigenvalue weighted by Gasteiger charge is 2.48. The Labute approximate surface area is 242 Å². The Morgan fingerprint density at radius 2 is 1.71 bits per heavy atom. The molecule has 3 aliphatic rings. The van der Waals surface area contributed by atoms with Gasteiger partial charge in [0.25, 0.3) is 5.91 Å². The number of urea groups is 1. The fourth-order valence-electron chi connectivity index (χ4n) is 6.11. The highest BCUT2D eigenvalue weighted by molar-refractivity contribution is 6.03. The zero-order chi connectivity index (χ0) is 29.3. The maximum atomic E-state index is 14.3. The molecule has 4 unspecified atom stereocenters. The average molecular weight is 561 g/mol. The van der Waals surface area contributed by atoms with Crippen molar-refractivity contribution in [2.24, 2.45) is 5.92 Å². The van der Waals surface area contributed by atoms with Crippen LogP contribution in [0.4, 0.5) is 4.79 Å². The predicted molar refractivity (Wildman–Crippen MR) is 155 cm³/mol. The first-order valence-electron chi connectivity index (χ1n) is 14.5. The minimum atomic E-state index is -0.657. The second kappa shape index (κ2) is 11.9. The van der Waals surface area contributed by atoms with E-state index in [2.05, 4.69) is 19.2 Å². The van der Waals surface area contributed by atoms with E-state index in [1.165, 1.54) is 0 Å². The molecule has 2 aromatic rings. The van der Waals surface area contributed by atoms with Crippen LogP contribution >= 0.6 is 0 Å². The molecule has 4 atom stereocenters. The molecule has 0 spiro atoms. The molecule has 9 nitrogen and oxygen atoms in total. The molecule has 41 heavy (non-hydrogen) atoms. The molecular weight excluding hydrogens is 520 g/mol. The molecule has 1 saturated heterocycles. The van der Waals surface area contributed by atoms with Crippen molar-refractivity contribution in [2.45, 2.75) is 65.3 Å². The van der Waals surface area contributed by atoms with Gasteiger partial charge in [0.1, 0.15) is 17.5 Å². The Hall–Kier alpha value is -3.85. The first kappa shape index (κ1) is 28.7. The summed E-state index contributed by atoms with van der Waals surface area (Å²) in [4.78, 5) is 46.7. The second-order valence-corrected chi connectivity index (χ2v) is 11.6. The van der Waals surface area contributed by atoms with Gasteiger partial charge in [-0.3, -0.25) is 14.5 Å². The summed E-state index contributed by atoms with van der Waals surface area (Å²) in [5.41, 5.74) is 1.91. The summed E-state index contributed by atoms with van der Waals surface area (Å²) in [5.74, 6) is 1.21. The monoisotopic (exact) mass is 560 g/mol. The van der Waals surface area contributed by atoms with Crippen LogP contribution in [0.2, 0.25) is 0 Å². The molecule has 4 amide bonds. The van der Waals surface area contributed by atoms with Gasteiger partial charge in [0, 0.05) is 19.6 Å². The number of hydrogen-bond donors (Lipinski definition) is 1. The van der Waals surface area contributed by atoms with E-state index in [-0.39, 0.29) is 42.5 Å². The van der Waals surface area contributed by atoms with E-state index in [4.69, 9.17) is 9.47 Å². The van der Waals surface area contributed by atoms with E-state index in [1.807, 2.05) is 80.3 Å². The summed E-state index contributed by atoms with van der Waals surface area (Å²) in [6, 6.07) is 15.4.